The molecular weight excluding hydrogens is 504 g/mol. The lowest BCUT2D eigenvalue weighted by Gasteiger charge is -2.31. The molecule has 3 rings (SSSR count). The van der Waals surface area contributed by atoms with Gasteiger partial charge >= 0.3 is 0 Å². The minimum absolute atomic E-state index is 0.147. The molecule has 35 heavy (non-hydrogen) atoms. The molecule has 0 radical (unpaired) electrons. The van der Waals surface area contributed by atoms with Gasteiger partial charge in [-0.2, -0.15) is 0 Å². The van der Waals surface area contributed by atoms with Gasteiger partial charge in [0.2, 0.25) is 5.91 Å². The fourth-order valence-corrected chi connectivity index (χ4v) is 4.02. The molecule has 0 saturated carbocycles. The van der Waals surface area contributed by atoms with Gasteiger partial charge in [-0.25, -0.2) is 0 Å². The van der Waals surface area contributed by atoms with Crippen LogP contribution in [0.15, 0.2) is 83.3 Å². The predicted molar refractivity (Wildman–Crippen MR) is 143 cm³/mol. The third-order valence-corrected chi connectivity index (χ3v) is 6.68. The van der Waals surface area contributed by atoms with Crippen LogP contribution in [0.2, 0.25) is 0 Å². The summed E-state index contributed by atoms with van der Waals surface area (Å²) in [6, 6.07) is 24.5. The van der Waals surface area contributed by atoms with E-state index in [0.29, 0.717) is 25.3 Å². The summed E-state index contributed by atoms with van der Waals surface area (Å²) in [5.41, 5.74) is 2.98. The van der Waals surface area contributed by atoms with Gasteiger partial charge in [-0.05, 0) is 48.2 Å². The first-order valence-electron chi connectivity index (χ1n) is 12.0. The zero-order valence-electron chi connectivity index (χ0n) is 20.4. The molecule has 0 aliphatic heterocycles. The number of carbonyl (C=O) groups is 2. The summed E-state index contributed by atoms with van der Waals surface area (Å²) in [5.74, 6) is 0.234. The third kappa shape index (κ3) is 8.25. The van der Waals surface area contributed by atoms with Crippen molar-refractivity contribution < 1.29 is 14.3 Å². The van der Waals surface area contributed by atoms with E-state index in [1.54, 1.807) is 4.90 Å². The highest BCUT2D eigenvalue weighted by molar-refractivity contribution is 9.10. The molecule has 0 bridgehead atoms. The molecule has 0 heterocycles. The summed E-state index contributed by atoms with van der Waals surface area (Å²) < 4.78 is 6.84. The monoisotopic (exact) mass is 536 g/mol. The van der Waals surface area contributed by atoms with Crippen LogP contribution >= 0.6 is 15.9 Å². The summed E-state index contributed by atoms with van der Waals surface area (Å²) in [6.45, 7) is 4.81. The minimum Gasteiger partial charge on any atom is -0.484 e. The maximum absolute atomic E-state index is 13.6. The van der Waals surface area contributed by atoms with Crippen molar-refractivity contribution in [2.75, 3.05) is 13.2 Å². The zero-order chi connectivity index (χ0) is 25.0. The molecule has 2 amide bonds. The predicted octanol–water partition coefficient (Wildman–Crippen LogP) is 5.69. The lowest BCUT2D eigenvalue weighted by Crippen LogP contribution is -2.51. The Balaban J connectivity index is 1.86. The molecule has 1 N–H and O–H groups in total. The van der Waals surface area contributed by atoms with Gasteiger partial charge in [0, 0.05) is 24.0 Å². The second-order valence-electron chi connectivity index (χ2n) is 8.56. The zero-order valence-corrected chi connectivity index (χ0v) is 22.0. The van der Waals surface area contributed by atoms with Crippen LogP contribution in [-0.4, -0.2) is 35.9 Å². The number of hydrogen-bond acceptors (Lipinski definition) is 3. The van der Waals surface area contributed by atoms with Gasteiger partial charge in [0.25, 0.3) is 5.91 Å². The number of carbonyl (C=O) groups excluding carboxylic acids is 2. The van der Waals surface area contributed by atoms with Crippen molar-refractivity contribution in [1.29, 1.82) is 0 Å². The smallest absolute Gasteiger partial charge is 0.261 e. The molecule has 5 nitrogen and oxygen atoms in total. The van der Waals surface area contributed by atoms with Gasteiger partial charge in [0.15, 0.2) is 6.61 Å². The number of unbranched alkanes of at least 4 members (excludes halogenated alkanes) is 1. The van der Waals surface area contributed by atoms with Crippen molar-refractivity contribution in [3.05, 3.63) is 100 Å². The highest BCUT2D eigenvalue weighted by atomic mass is 79.9. The molecular formula is C29H33BrN2O3. The molecule has 0 aliphatic carbocycles. The Hall–Kier alpha value is -3.12. The van der Waals surface area contributed by atoms with Crippen LogP contribution < -0.4 is 10.1 Å². The summed E-state index contributed by atoms with van der Waals surface area (Å²) in [7, 11) is 0. The summed E-state index contributed by atoms with van der Waals surface area (Å²) in [5, 5.41) is 3.03. The molecule has 0 aliphatic rings. The van der Waals surface area contributed by atoms with Crippen LogP contribution in [0.25, 0.3) is 0 Å². The van der Waals surface area contributed by atoms with Crippen LogP contribution in [0, 0.1) is 6.92 Å². The van der Waals surface area contributed by atoms with Crippen molar-refractivity contribution in [2.45, 2.75) is 45.7 Å². The molecule has 1 atom stereocenters. The number of halogens is 1. The fourth-order valence-electron chi connectivity index (χ4n) is 3.78. The van der Waals surface area contributed by atoms with Gasteiger partial charge in [-0.15, -0.1) is 0 Å². The first-order chi connectivity index (χ1) is 17.0. The number of hydrogen-bond donors (Lipinski definition) is 1. The van der Waals surface area contributed by atoms with Crippen molar-refractivity contribution in [3.8, 4) is 5.75 Å². The molecule has 0 saturated heterocycles. The highest BCUT2D eigenvalue weighted by Gasteiger charge is 2.30. The molecule has 0 spiro atoms. The van der Waals surface area contributed by atoms with E-state index in [2.05, 4.69) is 28.2 Å². The number of aryl methyl sites for hydroxylation is 1. The van der Waals surface area contributed by atoms with E-state index >= 15 is 0 Å². The summed E-state index contributed by atoms with van der Waals surface area (Å²) in [6.07, 6.45) is 2.30. The van der Waals surface area contributed by atoms with Crippen molar-refractivity contribution in [2.24, 2.45) is 0 Å². The fraction of sp³-hybridized carbons (Fsp3) is 0.310. The molecule has 0 fully saturated rings. The Labute approximate surface area is 216 Å². The average molecular weight is 537 g/mol. The highest BCUT2D eigenvalue weighted by Crippen LogP contribution is 2.22. The number of nitrogens with one attached hydrogen (secondary N) is 1. The normalized spacial score (nSPS) is 11.5. The van der Waals surface area contributed by atoms with Crippen LogP contribution in [0.1, 0.15) is 36.5 Å². The molecule has 0 aromatic heterocycles. The van der Waals surface area contributed by atoms with E-state index in [4.69, 9.17) is 4.74 Å². The summed E-state index contributed by atoms with van der Waals surface area (Å²) in [4.78, 5) is 28.6. The van der Waals surface area contributed by atoms with E-state index < -0.39 is 6.04 Å². The Morgan fingerprint density at radius 1 is 0.971 bits per heavy atom. The number of rotatable bonds is 12. The van der Waals surface area contributed by atoms with Crippen molar-refractivity contribution >= 4 is 27.7 Å². The van der Waals surface area contributed by atoms with Crippen molar-refractivity contribution in [1.82, 2.24) is 10.2 Å². The maximum atomic E-state index is 13.6. The number of nitrogens with zero attached hydrogens (tertiary/aromatic N) is 1. The van der Waals surface area contributed by atoms with Gasteiger partial charge in [0.05, 0.1) is 0 Å². The van der Waals surface area contributed by atoms with E-state index in [1.807, 2.05) is 85.8 Å². The van der Waals surface area contributed by atoms with E-state index in [1.165, 1.54) is 0 Å². The van der Waals surface area contributed by atoms with Crippen LogP contribution in [0.5, 0.6) is 5.75 Å². The minimum atomic E-state index is -0.655. The third-order valence-electron chi connectivity index (χ3n) is 5.79. The largest absolute Gasteiger partial charge is 0.484 e. The number of ether oxygens (including phenoxy) is 1. The lowest BCUT2D eigenvalue weighted by molar-refractivity contribution is -0.142. The standard InChI is InChI=1S/C29H33BrN2O3/c1-3-4-17-31-29(34)27(19-23-11-7-5-8-12-23)32(20-24-13-9-6-10-14-24)28(33)21-35-25-15-16-26(30)22(2)18-25/h5-16,18,27H,3-4,17,19-21H2,1-2H3,(H,31,34)/t27-/m0/s1. The van der Waals surface area contributed by atoms with Gasteiger partial charge in [-0.3, -0.25) is 9.59 Å². The van der Waals surface area contributed by atoms with Crippen LogP contribution in [-0.2, 0) is 22.6 Å². The quantitative estimate of drug-likeness (QED) is 0.302. The first kappa shape index (κ1) is 26.5. The van der Waals surface area contributed by atoms with E-state index in [9.17, 15) is 9.59 Å². The SMILES string of the molecule is CCCCNC(=O)[C@H](Cc1ccccc1)N(Cc1ccccc1)C(=O)COc1ccc(Br)c(C)c1. The van der Waals surface area contributed by atoms with Gasteiger partial charge in [-0.1, -0.05) is 89.9 Å². The van der Waals surface area contributed by atoms with Gasteiger partial charge < -0.3 is 15.0 Å². The van der Waals surface area contributed by atoms with E-state index in [-0.39, 0.29) is 18.4 Å². The molecule has 3 aromatic rings. The second-order valence-corrected chi connectivity index (χ2v) is 9.41. The molecule has 184 valence electrons. The molecule has 6 heteroatoms. The van der Waals surface area contributed by atoms with Gasteiger partial charge in [0.1, 0.15) is 11.8 Å². The Morgan fingerprint density at radius 3 is 2.26 bits per heavy atom. The topological polar surface area (TPSA) is 58.6 Å². The lowest BCUT2D eigenvalue weighted by atomic mass is 10.0. The molecule has 3 aromatic carbocycles. The first-order valence-corrected chi connectivity index (χ1v) is 12.8. The van der Waals surface area contributed by atoms with E-state index in [0.717, 1.165) is 34.0 Å². The Bertz CT molecular complexity index is 1090. The van der Waals surface area contributed by atoms with Crippen LogP contribution in [0.3, 0.4) is 0 Å². The maximum Gasteiger partial charge on any atom is 0.261 e. The number of amides is 2. The number of benzene rings is 3. The summed E-state index contributed by atoms with van der Waals surface area (Å²) >= 11 is 3.49. The Kier molecular flexibility index (Phi) is 10.4. The second kappa shape index (κ2) is 13.7. The Morgan fingerprint density at radius 2 is 1.63 bits per heavy atom. The molecule has 0 unspecified atom stereocenters. The van der Waals surface area contributed by atoms with Crippen molar-refractivity contribution in [3.63, 3.8) is 0 Å². The average Bonchev–Trinajstić information content (AvgIpc) is 2.88. The van der Waals surface area contributed by atoms with Crippen LogP contribution in [0.4, 0.5) is 0 Å².